The van der Waals surface area contributed by atoms with Crippen molar-refractivity contribution in [3.05, 3.63) is 48.0 Å². The van der Waals surface area contributed by atoms with Gasteiger partial charge in [0.1, 0.15) is 12.1 Å². The number of piperidine rings is 1. The van der Waals surface area contributed by atoms with Crippen LogP contribution in [0.5, 0.6) is 0 Å². The molecule has 2 aromatic heterocycles. The minimum Gasteiger partial charge on any atom is -0.472 e. The van der Waals surface area contributed by atoms with Crippen LogP contribution in [0.4, 0.5) is 5.82 Å². The van der Waals surface area contributed by atoms with Gasteiger partial charge in [-0.2, -0.15) is 0 Å². The van der Waals surface area contributed by atoms with Gasteiger partial charge < -0.3 is 19.4 Å². The molecule has 7 heteroatoms. The van der Waals surface area contributed by atoms with E-state index in [2.05, 4.69) is 10.3 Å². The van der Waals surface area contributed by atoms with Gasteiger partial charge in [-0.15, -0.1) is 0 Å². The minimum atomic E-state index is -0.368. The van der Waals surface area contributed by atoms with Gasteiger partial charge in [0.15, 0.2) is 0 Å². The van der Waals surface area contributed by atoms with E-state index >= 15 is 0 Å². The first-order valence-electron chi connectivity index (χ1n) is 8.38. The predicted octanol–water partition coefficient (Wildman–Crippen LogP) is 2.57. The molecule has 2 aromatic rings. The molecule has 3 rings (SSSR count). The minimum absolute atomic E-state index is 0.00381. The molecule has 132 valence electrons. The molecule has 0 bridgehead atoms. The Bertz CT molecular complexity index is 704. The van der Waals surface area contributed by atoms with E-state index in [1.165, 1.54) is 18.7 Å². The normalized spacial score (nSPS) is 15.0. The van der Waals surface area contributed by atoms with E-state index in [-0.39, 0.29) is 17.9 Å². The van der Waals surface area contributed by atoms with Crippen LogP contribution >= 0.6 is 0 Å². The first-order valence-corrected chi connectivity index (χ1v) is 8.38. The Morgan fingerprint density at radius 2 is 2.08 bits per heavy atom. The number of aromatic nitrogens is 1. The molecule has 0 atom stereocenters. The number of ether oxygens (including phenoxy) is 1. The third-order valence-corrected chi connectivity index (χ3v) is 4.18. The molecule has 1 aliphatic heterocycles. The zero-order valence-electron chi connectivity index (χ0n) is 14.1. The summed E-state index contributed by atoms with van der Waals surface area (Å²) in [5.74, 6) is 0.351. The maximum absolute atomic E-state index is 12.3. The van der Waals surface area contributed by atoms with Gasteiger partial charge in [-0.05, 0) is 38.0 Å². The predicted molar refractivity (Wildman–Crippen MR) is 91.4 cm³/mol. The van der Waals surface area contributed by atoms with Gasteiger partial charge in [0.05, 0.1) is 24.0 Å². The molecule has 1 aliphatic rings. The van der Waals surface area contributed by atoms with Gasteiger partial charge in [0.2, 0.25) is 0 Å². The lowest BCUT2D eigenvalue weighted by Gasteiger charge is -2.32. The maximum Gasteiger partial charge on any atom is 0.339 e. The highest BCUT2D eigenvalue weighted by Gasteiger charge is 2.24. The highest BCUT2D eigenvalue weighted by molar-refractivity contribution is 5.93. The molecule has 1 saturated heterocycles. The Hall–Kier alpha value is -2.83. The number of nitrogens with zero attached hydrogens (tertiary/aromatic N) is 2. The van der Waals surface area contributed by atoms with Crippen LogP contribution in [0.1, 0.15) is 40.5 Å². The number of amides is 1. The lowest BCUT2D eigenvalue weighted by molar-refractivity contribution is 0.0525. The number of anilines is 1. The molecular weight excluding hydrogens is 322 g/mol. The van der Waals surface area contributed by atoms with Crippen molar-refractivity contribution < 1.29 is 18.7 Å². The van der Waals surface area contributed by atoms with Crippen molar-refractivity contribution in [2.45, 2.75) is 25.8 Å². The number of rotatable bonds is 5. The summed E-state index contributed by atoms with van der Waals surface area (Å²) in [6.45, 7) is 3.48. The van der Waals surface area contributed by atoms with Crippen LogP contribution in [-0.2, 0) is 4.74 Å². The molecule has 0 unspecified atom stereocenters. The fraction of sp³-hybridized carbons (Fsp3) is 0.389. The van der Waals surface area contributed by atoms with Crippen molar-refractivity contribution >= 4 is 17.7 Å². The molecule has 25 heavy (non-hydrogen) atoms. The Kier molecular flexibility index (Phi) is 5.33. The van der Waals surface area contributed by atoms with Crippen molar-refractivity contribution in [2.75, 3.05) is 25.0 Å². The van der Waals surface area contributed by atoms with Crippen LogP contribution in [-0.4, -0.2) is 47.5 Å². The maximum atomic E-state index is 12.3. The lowest BCUT2D eigenvalue weighted by Crippen LogP contribution is -2.42. The zero-order chi connectivity index (χ0) is 17.6. The van der Waals surface area contributed by atoms with Crippen molar-refractivity contribution in [1.29, 1.82) is 0 Å². The summed E-state index contributed by atoms with van der Waals surface area (Å²) in [5.41, 5.74) is 1.02. The number of carbonyl (C=O) groups is 2. The molecule has 0 aliphatic carbocycles. The molecule has 3 heterocycles. The highest BCUT2D eigenvalue weighted by Crippen LogP contribution is 2.18. The van der Waals surface area contributed by atoms with E-state index in [0.29, 0.717) is 36.6 Å². The van der Waals surface area contributed by atoms with Gasteiger partial charge >= 0.3 is 5.97 Å². The van der Waals surface area contributed by atoms with Crippen molar-refractivity contribution in [1.82, 2.24) is 9.88 Å². The molecule has 1 amide bonds. The SMILES string of the molecule is CCOC(=O)c1ccc(NC2CCN(C(=O)c3ccoc3)CC2)nc1. The van der Waals surface area contributed by atoms with Crippen molar-refractivity contribution in [3.8, 4) is 0 Å². The molecule has 0 radical (unpaired) electrons. The fourth-order valence-corrected chi connectivity index (χ4v) is 2.82. The van der Waals surface area contributed by atoms with E-state index in [9.17, 15) is 9.59 Å². The summed E-state index contributed by atoms with van der Waals surface area (Å²) in [6.07, 6.45) is 6.17. The van der Waals surface area contributed by atoms with Crippen molar-refractivity contribution in [3.63, 3.8) is 0 Å². The van der Waals surface area contributed by atoms with Crippen LogP contribution in [0.2, 0.25) is 0 Å². The summed E-state index contributed by atoms with van der Waals surface area (Å²) < 4.78 is 9.91. The van der Waals surface area contributed by atoms with E-state index < -0.39 is 0 Å². The van der Waals surface area contributed by atoms with Crippen LogP contribution in [0.25, 0.3) is 0 Å². The molecule has 1 N–H and O–H groups in total. The molecular formula is C18H21N3O4. The number of furan rings is 1. The fourth-order valence-electron chi connectivity index (χ4n) is 2.82. The second-order valence-electron chi connectivity index (χ2n) is 5.88. The number of esters is 1. The van der Waals surface area contributed by atoms with Crippen molar-refractivity contribution in [2.24, 2.45) is 0 Å². The number of hydrogen-bond donors (Lipinski definition) is 1. The van der Waals surface area contributed by atoms with E-state index in [4.69, 9.17) is 9.15 Å². The van der Waals surface area contributed by atoms with E-state index in [1.54, 1.807) is 25.1 Å². The number of pyridine rings is 1. The smallest absolute Gasteiger partial charge is 0.339 e. The zero-order valence-corrected chi connectivity index (χ0v) is 14.1. The Labute approximate surface area is 146 Å². The van der Waals surface area contributed by atoms with Gasteiger partial charge in [-0.1, -0.05) is 0 Å². The first kappa shape index (κ1) is 17.0. The number of nitrogens with one attached hydrogen (secondary N) is 1. The number of hydrogen-bond acceptors (Lipinski definition) is 6. The Morgan fingerprint density at radius 3 is 2.68 bits per heavy atom. The van der Waals surface area contributed by atoms with Crippen LogP contribution in [0, 0.1) is 0 Å². The Balaban J connectivity index is 1.50. The summed E-state index contributed by atoms with van der Waals surface area (Å²) in [4.78, 5) is 30.0. The summed E-state index contributed by atoms with van der Waals surface area (Å²) >= 11 is 0. The van der Waals surface area contributed by atoms with Gasteiger partial charge in [-0.25, -0.2) is 9.78 Å². The second-order valence-corrected chi connectivity index (χ2v) is 5.88. The van der Waals surface area contributed by atoms with Gasteiger partial charge in [-0.3, -0.25) is 4.79 Å². The molecule has 1 fully saturated rings. The monoisotopic (exact) mass is 343 g/mol. The highest BCUT2D eigenvalue weighted by atomic mass is 16.5. The van der Waals surface area contributed by atoms with E-state index in [1.807, 2.05) is 4.90 Å². The molecule has 0 aromatic carbocycles. The number of likely N-dealkylation sites (tertiary alicyclic amines) is 1. The number of carbonyl (C=O) groups excluding carboxylic acids is 2. The van der Waals surface area contributed by atoms with Crippen LogP contribution in [0.3, 0.4) is 0 Å². The Morgan fingerprint density at radius 1 is 1.28 bits per heavy atom. The third kappa shape index (κ3) is 4.17. The molecule has 7 nitrogen and oxygen atoms in total. The average molecular weight is 343 g/mol. The van der Waals surface area contributed by atoms with Gasteiger partial charge in [0.25, 0.3) is 5.91 Å². The largest absolute Gasteiger partial charge is 0.472 e. The van der Waals surface area contributed by atoms with Gasteiger partial charge in [0, 0.05) is 25.3 Å². The summed E-state index contributed by atoms with van der Waals surface area (Å²) in [7, 11) is 0. The summed E-state index contributed by atoms with van der Waals surface area (Å²) in [6, 6.07) is 5.40. The summed E-state index contributed by atoms with van der Waals surface area (Å²) in [5, 5.41) is 3.35. The van der Waals surface area contributed by atoms with Crippen LogP contribution < -0.4 is 5.32 Å². The second kappa shape index (κ2) is 7.83. The third-order valence-electron chi connectivity index (χ3n) is 4.18. The first-order chi connectivity index (χ1) is 12.2. The molecule has 0 saturated carbocycles. The standard InChI is InChI=1S/C18H21N3O4/c1-2-25-18(23)13-3-4-16(19-11-13)20-15-5-8-21(9-6-15)17(22)14-7-10-24-12-14/h3-4,7,10-12,15H,2,5-6,8-9H2,1H3,(H,19,20). The quantitative estimate of drug-likeness (QED) is 0.840. The van der Waals surface area contributed by atoms with Crippen LogP contribution in [0.15, 0.2) is 41.3 Å². The topological polar surface area (TPSA) is 84.7 Å². The van der Waals surface area contributed by atoms with E-state index in [0.717, 1.165) is 12.8 Å². The lowest BCUT2D eigenvalue weighted by atomic mass is 10.0. The average Bonchev–Trinajstić information content (AvgIpc) is 3.17. The molecule has 0 spiro atoms.